The molecule has 1 fully saturated rings. The molecule has 0 spiro atoms. The van der Waals surface area contributed by atoms with Gasteiger partial charge in [-0.15, -0.1) is 0 Å². The minimum Gasteiger partial charge on any atom is -0.381 e. The van der Waals surface area contributed by atoms with E-state index in [1.165, 1.54) is 0 Å². The molecule has 0 aliphatic carbocycles. The van der Waals surface area contributed by atoms with Gasteiger partial charge in [0.2, 0.25) is 0 Å². The van der Waals surface area contributed by atoms with E-state index in [-0.39, 0.29) is 0 Å². The summed E-state index contributed by atoms with van der Waals surface area (Å²) in [6.45, 7) is 4.44. The van der Waals surface area contributed by atoms with Crippen molar-refractivity contribution in [2.24, 2.45) is 0 Å². The maximum Gasteiger partial charge on any atom is 0.114 e. The first-order chi connectivity index (χ1) is 8.83. The van der Waals surface area contributed by atoms with Crippen LogP contribution < -0.4 is 0 Å². The van der Waals surface area contributed by atoms with Crippen LogP contribution in [0.3, 0.4) is 0 Å². The topological polar surface area (TPSA) is 39.9 Å². The van der Waals surface area contributed by atoms with Gasteiger partial charge in [-0.1, -0.05) is 6.07 Å². The number of nitrogens with zero attached hydrogens (tertiary/aromatic N) is 3. The Bertz CT molecular complexity index is 529. The number of hydrogen-bond donors (Lipinski definition) is 0. The van der Waals surface area contributed by atoms with Gasteiger partial charge in [0.15, 0.2) is 0 Å². The van der Waals surface area contributed by atoms with E-state index in [1.54, 1.807) is 0 Å². The van der Waals surface area contributed by atoms with Crippen LogP contribution in [0.5, 0.6) is 0 Å². The molecule has 0 saturated carbocycles. The molecule has 2 aromatic heterocycles. The first-order valence-electron chi connectivity index (χ1n) is 6.34. The molecule has 1 unspecified atom stereocenters. The summed E-state index contributed by atoms with van der Waals surface area (Å²) in [6.07, 6.45) is 4.96. The zero-order valence-corrected chi connectivity index (χ0v) is 10.5. The normalized spacial score (nSPS) is 19.3. The summed E-state index contributed by atoms with van der Waals surface area (Å²) in [5.41, 5.74) is 2.13. The second-order valence-electron chi connectivity index (χ2n) is 4.74. The van der Waals surface area contributed by atoms with Crippen molar-refractivity contribution in [1.82, 2.24) is 14.5 Å². The summed E-state index contributed by atoms with van der Waals surface area (Å²) < 4.78 is 7.62. The lowest BCUT2D eigenvalue weighted by Gasteiger charge is -2.11. The molecular weight excluding hydrogens is 226 g/mol. The molecule has 18 heavy (non-hydrogen) atoms. The fourth-order valence-electron chi connectivity index (χ4n) is 2.41. The van der Waals surface area contributed by atoms with Gasteiger partial charge in [-0.3, -0.25) is 4.98 Å². The lowest BCUT2D eigenvalue weighted by Crippen LogP contribution is -2.10. The van der Waals surface area contributed by atoms with E-state index in [9.17, 15) is 0 Å². The average Bonchev–Trinajstić information content (AvgIpc) is 2.98. The van der Waals surface area contributed by atoms with Crippen molar-refractivity contribution in [2.75, 3.05) is 13.2 Å². The van der Waals surface area contributed by atoms with Crippen LogP contribution in [-0.4, -0.2) is 27.7 Å². The molecule has 3 heterocycles. The minimum atomic E-state index is 0.435. The van der Waals surface area contributed by atoms with Crippen molar-refractivity contribution in [3.05, 3.63) is 47.8 Å². The van der Waals surface area contributed by atoms with Gasteiger partial charge in [0.25, 0.3) is 0 Å². The van der Waals surface area contributed by atoms with Crippen LogP contribution >= 0.6 is 0 Å². The highest BCUT2D eigenvalue weighted by atomic mass is 16.5. The molecule has 0 N–H and O–H groups in total. The fraction of sp³-hybridized carbons (Fsp3) is 0.429. The van der Waals surface area contributed by atoms with Gasteiger partial charge >= 0.3 is 0 Å². The summed E-state index contributed by atoms with van der Waals surface area (Å²) in [7, 11) is 0. The SMILES string of the molecule is Cc1cccc(Cn2ccnc2C2CCOC2)n1. The van der Waals surface area contributed by atoms with Crippen molar-refractivity contribution < 1.29 is 4.74 Å². The molecule has 1 atom stereocenters. The number of hydrogen-bond acceptors (Lipinski definition) is 3. The van der Waals surface area contributed by atoms with Crippen molar-refractivity contribution >= 4 is 0 Å². The molecule has 2 aromatic rings. The fourth-order valence-corrected chi connectivity index (χ4v) is 2.41. The molecule has 0 radical (unpaired) electrons. The van der Waals surface area contributed by atoms with E-state index in [0.29, 0.717) is 5.92 Å². The quantitative estimate of drug-likeness (QED) is 0.829. The third-order valence-corrected chi connectivity index (χ3v) is 3.32. The molecule has 1 aliphatic rings. The number of pyridine rings is 1. The van der Waals surface area contributed by atoms with Crippen LogP contribution in [0.2, 0.25) is 0 Å². The van der Waals surface area contributed by atoms with Gasteiger partial charge in [0.1, 0.15) is 5.82 Å². The number of ether oxygens (including phenoxy) is 1. The number of rotatable bonds is 3. The Morgan fingerprint density at radius 1 is 1.44 bits per heavy atom. The van der Waals surface area contributed by atoms with E-state index >= 15 is 0 Å². The van der Waals surface area contributed by atoms with Crippen LogP contribution in [0, 0.1) is 6.92 Å². The van der Waals surface area contributed by atoms with Crippen molar-refractivity contribution in [1.29, 1.82) is 0 Å². The molecule has 4 nitrogen and oxygen atoms in total. The largest absolute Gasteiger partial charge is 0.381 e. The highest BCUT2D eigenvalue weighted by Crippen LogP contribution is 2.24. The van der Waals surface area contributed by atoms with Crippen LogP contribution in [0.25, 0.3) is 0 Å². The van der Waals surface area contributed by atoms with E-state index < -0.39 is 0 Å². The molecule has 3 rings (SSSR count). The lowest BCUT2D eigenvalue weighted by molar-refractivity contribution is 0.192. The van der Waals surface area contributed by atoms with Crippen LogP contribution in [0.15, 0.2) is 30.6 Å². The van der Waals surface area contributed by atoms with E-state index in [2.05, 4.69) is 20.6 Å². The highest BCUT2D eigenvalue weighted by Gasteiger charge is 2.22. The summed E-state index contributed by atoms with van der Waals surface area (Å²) in [6, 6.07) is 6.12. The van der Waals surface area contributed by atoms with Crippen molar-refractivity contribution in [3.63, 3.8) is 0 Å². The summed E-state index contributed by atoms with van der Waals surface area (Å²) in [4.78, 5) is 9.01. The van der Waals surface area contributed by atoms with Crippen LogP contribution in [0.1, 0.15) is 29.6 Å². The molecule has 1 saturated heterocycles. The zero-order valence-electron chi connectivity index (χ0n) is 10.5. The average molecular weight is 243 g/mol. The molecule has 1 aliphatic heterocycles. The molecular formula is C14H17N3O. The highest BCUT2D eigenvalue weighted by molar-refractivity contribution is 5.12. The Morgan fingerprint density at radius 3 is 3.17 bits per heavy atom. The zero-order chi connectivity index (χ0) is 12.4. The Morgan fingerprint density at radius 2 is 2.39 bits per heavy atom. The van der Waals surface area contributed by atoms with Gasteiger partial charge in [0, 0.05) is 30.6 Å². The Labute approximate surface area is 107 Å². The van der Waals surface area contributed by atoms with E-state index in [0.717, 1.165) is 43.4 Å². The molecule has 0 aromatic carbocycles. The van der Waals surface area contributed by atoms with Crippen molar-refractivity contribution in [3.8, 4) is 0 Å². The predicted molar refractivity (Wildman–Crippen MR) is 68.5 cm³/mol. The maximum absolute atomic E-state index is 5.44. The minimum absolute atomic E-state index is 0.435. The third kappa shape index (κ3) is 2.29. The first kappa shape index (κ1) is 11.4. The second-order valence-corrected chi connectivity index (χ2v) is 4.74. The first-order valence-corrected chi connectivity index (χ1v) is 6.34. The van der Waals surface area contributed by atoms with E-state index in [1.807, 2.05) is 31.5 Å². The summed E-state index contributed by atoms with van der Waals surface area (Å²) in [5.74, 6) is 1.56. The monoisotopic (exact) mass is 243 g/mol. The predicted octanol–water partition coefficient (Wildman–Crippen LogP) is 2.14. The van der Waals surface area contributed by atoms with Crippen molar-refractivity contribution in [2.45, 2.75) is 25.8 Å². The Hall–Kier alpha value is -1.68. The van der Waals surface area contributed by atoms with Crippen LogP contribution in [-0.2, 0) is 11.3 Å². The summed E-state index contributed by atoms with van der Waals surface area (Å²) in [5, 5.41) is 0. The summed E-state index contributed by atoms with van der Waals surface area (Å²) >= 11 is 0. The van der Waals surface area contributed by atoms with Gasteiger partial charge in [-0.2, -0.15) is 0 Å². The number of aromatic nitrogens is 3. The van der Waals surface area contributed by atoms with Gasteiger partial charge in [0.05, 0.1) is 18.8 Å². The molecule has 4 heteroatoms. The van der Waals surface area contributed by atoms with E-state index in [4.69, 9.17) is 4.74 Å². The number of imidazole rings is 1. The third-order valence-electron chi connectivity index (χ3n) is 3.32. The molecule has 0 bridgehead atoms. The van der Waals surface area contributed by atoms with Gasteiger partial charge in [-0.05, 0) is 25.5 Å². The van der Waals surface area contributed by atoms with Gasteiger partial charge in [-0.25, -0.2) is 4.98 Å². The second kappa shape index (κ2) is 4.90. The number of aryl methyl sites for hydroxylation is 1. The molecule has 0 amide bonds. The molecule has 94 valence electrons. The lowest BCUT2D eigenvalue weighted by atomic mass is 10.1. The smallest absolute Gasteiger partial charge is 0.114 e. The van der Waals surface area contributed by atoms with Gasteiger partial charge < -0.3 is 9.30 Å². The Kier molecular flexibility index (Phi) is 3.11. The standard InChI is InChI=1S/C14H17N3O/c1-11-3-2-4-13(16-11)9-17-7-6-15-14(17)12-5-8-18-10-12/h2-4,6-7,12H,5,8-10H2,1H3. The Balaban J connectivity index is 1.82. The van der Waals surface area contributed by atoms with Crippen LogP contribution in [0.4, 0.5) is 0 Å². The maximum atomic E-state index is 5.44.